The van der Waals surface area contributed by atoms with Gasteiger partial charge in [-0.25, -0.2) is 9.19 Å². The van der Waals surface area contributed by atoms with Crippen molar-refractivity contribution in [3.05, 3.63) is 107 Å². The van der Waals surface area contributed by atoms with E-state index in [0.717, 1.165) is 37.4 Å². The van der Waals surface area contributed by atoms with Gasteiger partial charge in [-0.2, -0.15) is 16.7 Å². The predicted molar refractivity (Wildman–Crippen MR) is 189 cm³/mol. The number of fused-ring (bicyclic) bond motifs is 1. The van der Waals surface area contributed by atoms with Gasteiger partial charge in [0.2, 0.25) is 11.9 Å². The molecule has 0 spiro atoms. The summed E-state index contributed by atoms with van der Waals surface area (Å²) in [5.74, 6) is 1.36. The smallest absolute Gasteiger partial charge is 0.260 e. The number of likely N-dealkylation sites (tertiary alicyclic amines) is 1. The predicted octanol–water partition coefficient (Wildman–Crippen LogP) is 5.71. The minimum Gasteiger partial charge on any atom is -0.341 e. The summed E-state index contributed by atoms with van der Waals surface area (Å²) in [6.07, 6.45) is 3.61. The van der Waals surface area contributed by atoms with Crippen LogP contribution in [0, 0.1) is 0 Å². The van der Waals surface area contributed by atoms with Crippen LogP contribution in [0.2, 0.25) is 0 Å². The van der Waals surface area contributed by atoms with Crippen molar-refractivity contribution in [2.75, 3.05) is 44.3 Å². The van der Waals surface area contributed by atoms with Crippen LogP contribution in [0.15, 0.2) is 106 Å². The lowest BCUT2D eigenvalue weighted by Crippen LogP contribution is -2.35. The maximum absolute atomic E-state index is 14.1. The number of hydrogen-bond acceptors (Lipinski definition) is 8. The fourth-order valence-corrected chi connectivity index (χ4v) is 8.57. The number of hydrogen-bond donors (Lipinski definition) is 1. The molecule has 1 N–H and O–H groups in total. The Morgan fingerprint density at radius 1 is 0.957 bits per heavy atom. The van der Waals surface area contributed by atoms with Crippen LogP contribution >= 0.6 is 11.8 Å². The number of nitrogens with zero attached hydrogens (tertiary/aromatic N) is 5. The molecule has 4 heterocycles. The molecular formula is C36H36N6O3S2. The Balaban J connectivity index is 1.20. The number of benzene rings is 3. The van der Waals surface area contributed by atoms with Gasteiger partial charge in [0.05, 0.1) is 10.8 Å². The van der Waals surface area contributed by atoms with Gasteiger partial charge in [0.15, 0.2) is 0 Å². The molecule has 0 bridgehead atoms. The topological polar surface area (TPSA) is 100 Å². The van der Waals surface area contributed by atoms with E-state index in [2.05, 4.69) is 34.4 Å². The fraction of sp³-hybridized carbons (Fsp3) is 0.278. The Labute approximate surface area is 280 Å². The molecule has 1 amide bonds. The molecule has 2 aliphatic rings. The highest BCUT2D eigenvalue weighted by Gasteiger charge is 2.22. The van der Waals surface area contributed by atoms with E-state index in [4.69, 9.17) is 4.98 Å². The lowest BCUT2D eigenvalue weighted by molar-refractivity contribution is -0.130. The molecule has 2 aromatic heterocycles. The molecule has 47 heavy (non-hydrogen) atoms. The number of carbonyl (C=O) groups is 1. The zero-order valence-corrected chi connectivity index (χ0v) is 27.8. The van der Waals surface area contributed by atoms with Gasteiger partial charge in [-0.15, -0.1) is 0 Å². The molecule has 0 aliphatic carbocycles. The number of likely N-dealkylation sites (N-methyl/N-ethyl adjacent to an activating group) is 1. The molecule has 7 rings (SSSR count). The van der Waals surface area contributed by atoms with Gasteiger partial charge < -0.3 is 15.1 Å². The number of aromatic nitrogens is 3. The standard InChI is InChI=1S/C36H36N6O3S2/c1-40-19-20-46-32(23-40)26-9-13-28(14-10-26)38-36-37-22-27-21-31(25-11-15-30(16-12-25)47(45)29-7-3-2-4-8-29)35(44)42(34(27)39-36)24-33(43)41-17-5-6-18-41/h2-4,7-16,21-22,32H,5-6,17-20,23-24H2,1H3,(H,37,38,39). The van der Waals surface area contributed by atoms with E-state index in [0.29, 0.717) is 56.2 Å². The SMILES string of the molecule is CN1CCSC(c2ccc(Nc3ncc4cc(-c5ccc(S(=O)c6ccccc6)cc5)c(=O)n(CC(=O)N5CCCC5)c4n3)cc2)C1. The molecule has 5 aromatic rings. The number of thioether (sulfide) groups is 1. The number of amides is 1. The van der Waals surface area contributed by atoms with E-state index < -0.39 is 10.8 Å². The van der Waals surface area contributed by atoms with Crippen LogP contribution in [0.3, 0.4) is 0 Å². The average molecular weight is 665 g/mol. The van der Waals surface area contributed by atoms with Gasteiger partial charge in [0.1, 0.15) is 12.2 Å². The number of rotatable bonds is 8. The first-order chi connectivity index (χ1) is 22.9. The summed E-state index contributed by atoms with van der Waals surface area (Å²) in [6, 6.07) is 26.5. The van der Waals surface area contributed by atoms with Crippen LogP contribution in [0.5, 0.6) is 0 Å². The minimum atomic E-state index is -1.34. The normalized spacial score (nSPS) is 17.6. The molecule has 240 valence electrons. The Hall–Kier alpha value is -4.32. The second-order valence-electron chi connectivity index (χ2n) is 12.0. The van der Waals surface area contributed by atoms with E-state index in [1.54, 1.807) is 36.5 Å². The molecule has 2 unspecified atom stereocenters. The Kier molecular flexibility index (Phi) is 9.19. The number of carbonyl (C=O) groups excluding carboxylic acids is 1. The molecular weight excluding hydrogens is 629 g/mol. The second-order valence-corrected chi connectivity index (χ2v) is 14.8. The lowest BCUT2D eigenvalue weighted by atomic mass is 10.1. The van der Waals surface area contributed by atoms with Gasteiger partial charge in [0.25, 0.3) is 5.56 Å². The lowest BCUT2D eigenvalue weighted by Gasteiger charge is -2.29. The van der Waals surface area contributed by atoms with Gasteiger partial charge in [-0.1, -0.05) is 42.5 Å². The van der Waals surface area contributed by atoms with Crippen molar-refractivity contribution >= 4 is 51.1 Å². The van der Waals surface area contributed by atoms with Crippen molar-refractivity contribution in [2.24, 2.45) is 0 Å². The first-order valence-electron chi connectivity index (χ1n) is 15.9. The summed E-state index contributed by atoms with van der Waals surface area (Å²) < 4.78 is 14.5. The summed E-state index contributed by atoms with van der Waals surface area (Å²) in [6.45, 7) is 3.41. The number of pyridine rings is 1. The van der Waals surface area contributed by atoms with Crippen molar-refractivity contribution in [3.8, 4) is 11.1 Å². The highest BCUT2D eigenvalue weighted by Crippen LogP contribution is 2.33. The zero-order chi connectivity index (χ0) is 32.3. The molecule has 11 heteroatoms. The first-order valence-corrected chi connectivity index (χ1v) is 18.1. The summed E-state index contributed by atoms with van der Waals surface area (Å²) in [5, 5.41) is 4.37. The molecule has 3 aromatic carbocycles. The molecule has 9 nitrogen and oxygen atoms in total. The Bertz CT molecular complexity index is 1980. The maximum atomic E-state index is 14.1. The Morgan fingerprint density at radius 2 is 1.68 bits per heavy atom. The van der Waals surface area contributed by atoms with E-state index in [1.165, 1.54) is 10.1 Å². The van der Waals surface area contributed by atoms with Crippen molar-refractivity contribution in [3.63, 3.8) is 0 Å². The Morgan fingerprint density at radius 3 is 2.40 bits per heavy atom. The van der Waals surface area contributed by atoms with Crippen LogP contribution in [0.4, 0.5) is 11.6 Å². The van der Waals surface area contributed by atoms with Crippen molar-refractivity contribution in [1.29, 1.82) is 0 Å². The highest BCUT2D eigenvalue weighted by atomic mass is 32.2. The second kappa shape index (κ2) is 13.8. The van der Waals surface area contributed by atoms with Crippen molar-refractivity contribution < 1.29 is 9.00 Å². The third-order valence-corrected chi connectivity index (χ3v) is 11.4. The molecule has 0 radical (unpaired) electrons. The third kappa shape index (κ3) is 6.88. The minimum absolute atomic E-state index is 0.105. The van der Waals surface area contributed by atoms with E-state index in [-0.39, 0.29) is 18.0 Å². The summed E-state index contributed by atoms with van der Waals surface area (Å²) >= 11 is 1.98. The molecule has 2 saturated heterocycles. The van der Waals surface area contributed by atoms with E-state index >= 15 is 0 Å². The molecule has 2 aliphatic heterocycles. The van der Waals surface area contributed by atoms with Gasteiger partial charge >= 0.3 is 0 Å². The monoisotopic (exact) mass is 664 g/mol. The van der Waals surface area contributed by atoms with Gasteiger partial charge in [0, 0.05) is 69.8 Å². The van der Waals surface area contributed by atoms with Crippen molar-refractivity contribution in [1.82, 2.24) is 24.3 Å². The van der Waals surface area contributed by atoms with Crippen molar-refractivity contribution in [2.45, 2.75) is 34.4 Å². The quantitative estimate of drug-likeness (QED) is 0.225. The number of nitrogens with one attached hydrogen (secondary N) is 1. The average Bonchev–Trinajstić information content (AvgIpc) is 3.66. The first kappa shape index (κ1) is 31.3. The highest BCUT2D eigenvalue weighted by molar-refractivity contribution is 7.99. The fourth-order valence-electron chi connectivity index (χ4n) is 6.10. The third-order valence-electron chi connectivity index (χ3n) is 8.72. The van der Waals surface area contributed by atoms with E-state index in [9.17, 15) is 13.8 Å². The van der Waals surface area contributed by atoms with E-state index in [1.807, 2.05) is 59.1 Å². The summed E-state index contributed by atoms with van der Waals surface area (Å²) in [7, 11) is 0.819. The van der Waals surface area contributed by atoms with Gasteiger partial charge in [-0.05, 0) is 73.5 Å². The number of anilines is 2. The molecule has 2 atom stereocenters. The summed E-state index contributed by atoms with van der Waals surface area (Å²) in [5.41, 5.74) is 3.30. The van der Waals surface area contributed by atoms with Crippen LogP contribution in [0.1, 0.15) is 23.7 Å². The van der Waals surface area contributed by atoms with Crippen LogP contribution < -0.4 is 10.9 Å². The van der Waals surface area contributed by atoms with Crippen LogP contribution in [-0.2, 0) is 22.1 Å². The summed E-state index contributed by atoms with van der Waals surface area (Å²) in [4.78, 5) is 42.3. The van der Waals surface area contributed by atoms with Crippen LogP contribution in [0.25, 0.3) is 22.2 Å². The molecule has 2 fully saturated rings. The molecule has 0 saturated carbocycles. The van der Waals surface area contributed by atoms with Crippen LogP contribution in [-0.4, -0.2) is 73.4 Å². The largest absolute Gasteiger partial charge is 0.341 e. The maximum Gasteiger partial charge on any atom is 0.260 e. The zero-order valence-electron chi connectivity index (χ0n) is 26.2. The van der Waals surface area contributed by atoms with Gasteiger partial charge in [-0.3, -0.25) is 14.2 Å².